The first-order valence-corrected chi connectivity index (χ1v) is 7.06. The van der Waals surface area contributed by atoms with E-state index in [2.05, 4.69) is 32.1 Å². The molecule has 0 aromatic carbocycles. The highest BCUT2D eigenvalue weighted by Crippen LogP contribution is 2.26. The number of anilines is 1. The van der Waals surface area contributed by atoms with Crippen LogP contribution in [-0.2, 0) is 13.6 Å². The number of hydrogen-bond acceptors (Lipinski definition) is 4. The molecule has 0 aliphatic rings. The average Bonchev–Trinajstić information content (AvgIpc) is 2.91. The zero-order valence-electron chi connectivity index (χ0n) is 10.0. The number of rotatable bonds is 2. The minimum absolute atomic E-state index is 0.533. The van der Waals surface area contributed by atoms with Crippen LogP contribution in [-0.4, -0.2) is 19.3 Å². The maximum atomic E-state index is 5.99. The molecule has 0 aliphatic carbocycles. The fourth-order valence-corrected chi connectivity index (χ4v) is 3.57. The molecule has 0 unspecified atom stereocenters. The molecule has 7 heteroatoms. The van der Waals surface area contributed by atoms with Gasteiger partial charge in [-0.1, -0.05) is 0 Å². The van der Waals surface area contributed by atoms with Gasteiger partial charge in [-0.2, -0.15) is 5.10 Å². The predicted octanol–water partition coefficient (Wildman–Crippen LogP) is 2.53. The standard InChI is InChI=1S/C11H12BrN5S/c1-6-9-10(16(2)15-6)17(11(13)14-9)5-7-3-4-8(12)18-7/h3-4H,5H2,1-2H3,(H2,13,14). The number of nitrogen functional groups attached to an aromatic ring is 1. The van der Waals surface area contributed by atoms with Crippen molar-refractivity contribution < 1.29 is 0 Å². The van der Waals surface area contributed by atoms with Gasteiger partial charge in [0.25, 0.3) is 0 Å². The van der Waals surface area contributed by atoms with E-state index in [1.54, 1.807) is 11.3 Å². The average molecular weight is 326 g/mol. The third kappa shape index (κ3) is 1.74. The highest BCUT2D eigenvalue weighted by Gasteiger charge is 2.16. The number of imidazole rings is 1. The van der Waals surface area contributed by atoms with Crippen molar-refractivity contribution >= 4 is 44.4 Å². The molecule has 0 spiro atoms. The maximum absolute atomic E-state index is 5.99. The molecule has 3 aromatic rings. The van der Waals surface area contributed by atoms with Crippen molar-refractivity contribution in [2.75, 3.05) is 5.73 Å². The van der Waals surface area contributed by atoms with Crippen molar-refractivity contribution in [2.45, 2.75) is 13.5 Å². The van der Waals surface area contributed by atoms with Crippen LogP contribution < -0.4 is 5.73 Å². The van der Waals surface area contributed by atoms with Crippen molar-refractivity contribution in [3.63, 3.8) is 0 Å². The van der Waals surface area contributed by atoms with Crippen molar-refractivity contribution in [1.29, 1.82) is 0 Å². The topological polar surface area (TPSA) is 61.7 Å². The molecule has 0 amide bonds. The summed E-state index contributed by atoms with van der Waals surface area (Å²) in [4.78, 5) is 5.62. The molecule has 0 bridgehead atoms. The summed E-state index contributed by atoms with van der Waals surface area (Å²) in [6.07, 6.45) is 0. The van der Waals surface area contributed by atoms with Gasteiger partial charge in [-0.05, 0) is 35.0 Å². The molecule has 5 nitrogen and oxygen atoms in total. The molecule has 0 atom stereocenters. The van der Waals surface area contributed by atoms with Crippen LogP contribution in [0.4, 0.5) is 5.95 Å². The molecule has 3 heterocycles. The largest absolute Gasteiger partial charge is 0.369 e. The predicted molar refractivity (Wildman–Crippen MR) is 76.8 cm³/mol. The van der Waals surface area contributed by atoms with Gasteiger partial charge in [-0.15, -0.1) is 11.3 Å². The van der Waals surface area contributed by atoms with Crippen LogP contribution in [0.3, 0.4) is 0 Å². The lowest BCUT2D eigenvalue weighted by Gasteiger charge is -2.04. The van der Waals surface area contributed by atoms with Crippen LogP contribution in [0.1, 0.15) is 10.6 Å². The number of nitrogens with two attached hydrogens (primary N) is 1. The van der Waals surface area contributed by atoms with Crippen LogP contribution in [0.2, 0.25) is 0 Å². The summed E-state index contributed by atoms with van der Waals surface area (Å²) in [7, 11) is 1.91. The summed E-state index contributed by atoms with van der Waals surface area (Å²) in [5.41, 5.74) is 8.75. The molecule has 18 heavy (non-hydrogen) atoms. The molecule has 0 saturated carbocycles. The fraction of sp³-hybridized carbons (Fsp3) is 0.273. The zero-order chi connectivity index (χ0) is 12.9. The smallest absolute Gasteiger partial charge is 0.202 e. The van der Waals surface area contributed by atoms with E-state index in [1.807, 2.05) is 29.3 Å². The number of halogens is 1. The van der Waals surface area contributed by atoms with Gasteiger partial charge in [-0.25, -0.2) is 4.98 Å². The Bertz CT molecular complexity index is 723. The lowest BCUT2D eigenvalue weighted by atomic mass is 10.4. The number of nitrogens with zero attached hydrogens (tertiary/aromatic N) is 4. The number of hydrogen-bond donors (Lipinski definition) is 1. The third-order valence-corrected chi connectivity index (χ3v) is 4.47. The first-order valence-electron chi connectivity index (χ1n) is 5.46. The number of fused-ring (bicyclic) bond motifs is 1. The summed E-state index contributed by atoms with van der Waals surface area (Å²) in [5, 5.41) is 4.37. The second kappa shape index (κ2) is 4.10. The van der Waals surface area contributed by atoms with Gasteiger partial charge in [0, 0.05) is 11.9 Å². The molecule has 3 rings (SSSR count). The van der Waals surface area contributed by atoms with Crippen molar-refractivity contribution in [1.82, 2.24) is 19.3 Å². The fourth-order valence-electron chi connectivity index (χ4n) is 2.10. The van der Waals surface area contributed by atoms with E-state index in [0.717, 1.165) is 27.2 Å². The van der Waals surface area contributed by atoms with Gasteiger partial charge in [0.2, 0.25) is 5.95 Å². The van der Waals surface area contributed by atoms with Crippen molar-refractivity contribution in [3.05, 3.63) is 26.5 Å². The normalized spacial score (nSPS) is 11.5. The Morgan fingerprint density at radius 2 is 2.22 bits per heavy atom. The molecular formula is C11H12BrN5S. The number of aromatic nitrogens is 4. The zero-order valence-corrected chi connectivity index (χ0v) is 12.4. The SMILES string of the molecule is Cc1nn(C)c2c1nc(N)n2Cc1ccc(Br)s1. The highest BCUT2D eigenvalue weighted by molar-refractivity contribution is 9.11. The van der Waals surface area contributed by atoms with Crippen LogP contribution >= 0.6 is 27.3 Å². The Hall–Kier alpha value is -1.34. The summed E-state index contributed by atoms with van der Waals surface area (Å²) in [6, 6.07) is 4.13. The van der Waals surface area contributed by atoms with Crippen LogP contribution in [0, 0.1) is 6.92 Å². The molecule has 0 saturated heterocycles. The Balaban J connectivity index is 2.13. The number of aryl methyl sites for hydroxylation is 2. The van der Waals surface area contributed by atoms with E-state index in [0.29, 0.717) is 5.95 Å². The van der Waals surface area contributed by atoms with Gasteiger partial charge in [0.1, 0.15) is 5.52 Å². The second-order valence-corrected chi connectivity index (χ2v) is 6.69. The van der Waals surface area contributed by atoms with E-state index in [4.69, 9.17) is 5.73 Å². The first kappa shape index (κ1) is 11.7. The molecule has 0 aliphatic heterocycles. The highest BCUT2D eigenvalue weighted by atomic mass is 79.9. The summed E-state index contributed by atoms with van der Waals surface area (Å²) in [6.45, 7) is 2.67. The molecule has 0 fully saturated rings. The lowest BCUT2D eigenvalue weighted by Crippen LogP contribution is -2.07. The van der Waals surface area contributed by atoms with Crippen molar-refractivity contribution in [3.8, 4) is 0 Å². The van der Waals surface area contributed by atoms with E-state index in [-0.39, 0.29) is 0 Å². The third-order valence-electron chi connectivity index (χ3n) is 2.86. The summed E-state index contributed by atoms with van der Waals surface area (Å²) < 4.78 is 4.94. The van der Waals surface area contributed by atoms with E-state index in [9.17, 15) is 0 Å². The van der Waals surface area contributed by atoms with Crippen LogP contribution in [0.15, 0.2) is 15.9 Å². The Kier molecular flexibility index (Phi) is 2.67. The lowest BCUT2D eigenvalue weighted by molar-refractivity contribution is 0.729. The Morgan fingerprint density at radius 3 is 2.89 bits per heavy atom. The van der Waals surface area contributed by atoms with E-state index in [1.165, 1.54) is 4.88 Å². The first-order chi connectivity index (χ1) is 8.56. The van der Waals surface area contributed by atoms with Gasteiger partial charge >= 0.3 is 0 Å². The van der Waals surface area contributed by atoms with Crippen LogP contribution in [0.25, 0.3) is 11.2 Å². The second-order valence-electron chi connectivity index (χ2n) is 4.14. The van der Waals surface area contributed by atoms with Gasteiger partial charge < -0.3 is 5.73 Å². The van der Waals surface area contributed by atoms with Gasteiger partial charge in [0.05, 0.1) is 16.0 Å². The van der Waals surface area contributed by atoms with Gasteiger partial charge in [-0.3, -0.25) is 9.25 Å². The van der Waals surface area contributed by atoms with E-state index >= 15 is 0 Å². The maximum Gasteiger partial charge on any atom is 0.202 e. The van der Waals surface area contributed by atoms with Crippen LogP contribution in [0.5, 0.6) is 0 Å². The number of thiophene rings is 1. The molecule has 0 radical (unpaired) electrons. The monoisotopic (exact) mass is 325 g/mol. The minimum Gasteiger partial charge on any atom is -0.369 e. The Morgan fingerprint density at radius 1 is 1.44 bits per heavy atom. The summed E-state index contributed by atoms with van der Waals surface area (Å²) >= 11 is 5.17. The molecular weight excluding hydrogens is 314 g/mol. The quantitative estimate of drug-likeness (QED) is 0.787. The summed E-state index contributed by atoms with van der Waals surface area (Å²) in [5.74, 6) is 0.533. The minimum atomic E-state index is 0.533. The molecule has 2 N–H and O–H groups in total. The molecule has 3 aromatic heterocycles. The Labute approximate surface area is 116 Å². The molecule has 94 valence electrons. The van der Waals surface area contributed by atoms with Crippen molar-refractivity contribution in [2.24, 2.45) is 7.05 Å². The van der Waals surface area contributed by atoms with E-state index < -0.39 is 0 Å². The van der Waals surface area contributed by atoms with Gasteiger partial charge in [0.15, 0.2) is 5.65 Å².